The second kappa shape index (κ2) is 9.69. The van der Waals surface area contributed by atoms with Crippen LogP contribution in [0.4, 0.5) is 13.2 Å². The number of alkyl halides is 3. The second-order valence-electron chi connectivity index (χ2n) is 6.57. The van der Waals surface area contributed by atoms with E-state index in [0.717, 1.165) is 12.5 Å². The lowest BCUT2D eigenvalue weighted by atomic mass is 9.97. The quantitative estimate of drug-likeness (QED) is 0.712. The summed E-state index contributed by atoms with van der Waals surface area (Å²) in [6.45, 7) is 9.79. The molecule has 0 amide bonds. The molecule has 1 aromatic carbocycles. The van der Waals surface area contributed by atoms with E-state index in [1.807, 2.05) is 13.8 Å². The van der Waals surface area contributed by atoms with Crippen LogP contribution in [-0.2, 0) is 6.18 Å². The van der Waals surface area contributed by atoms with Crippen LogP contribution in [-0.4, -0.2) is 20.4 Å². The van der Waals surface area contributed by atoms with Crippen molar-refractivity contribution >= 4 is 0 Å². The van der Waals surface area contributed by atoms with Crippen molar-refractivity contribution in [3.63, 3.8) is 0 Å². The fraction of sp³-hybridized carbons (Fsp3) is 0.500. The van der Waals surface area contributed by atoms with Gasteiger partial charge in [-0.05, 0) is 42.7 Å². The van der Waals surface area contributed by atoms with E-state index in [2.05, 4.69) is 24.0 Å². The molecule has 1 unspecified atom stereocenters. The van der Waals surface area contributed by atoms with Crippen LogP contribution in [0.1, 0.15) is 63.5 Å². The summed E-state index contributed by atoms with van der Waals surface area (Å²) in [4.78, 5) is 0. The maximum absolute atomic E-state index is 12.7. The average Bonchev–Trinajstić information content (AvgIpc) is 2.60. The molecule has 150 valence electrons. The van der Waals surface area contributed by atoms with Crippen LogP contribution in [0.25, 0.3) is 11.3 Å². The van der Waals surface area contributed by atoms with Crippen molar-refractivity contribution in [2.75, 3.05) is 0 Å². The van der Waals surface area contributed by atoms with E-state index in [1.165, 1.54) is 12.5 Å². The smallest absolute Gasteiger partial charge is 0.416 e. The fourth-order valence-corrected chi connectivity index (χ4v) is 2.34. The first-order valence-corrected chi connectivity index (χ1v) is 8.99. The van der Waals surface area contributed by atoms with Gasteiger partial charge >= 0.3 is 6.18 Å². The molecule has 2 rings (SSSR count). The molecule has 0 aliphatic heterocycles. The van der Waals surface area contributed by atoms with E-state index in [9.17, 15) is 23.4 Å². The van der Waals surface area contributed by atoms with Crippen molar-refractivity contribution in [3.8, 4) is 17.0 Å². The van der Waals surface area contributed by atoms with E-state index < -0.39 is 23.6 Å². The minimum absolute atomic E-state index is 0.00372. The van der Waals surface area contributed by atoms with Crippen molar-refractivity contribution in [1.82, 2.24) is 10.2 Å². The molecular weight excluding hydrogens is 357 g/mol. The van der Waals surface area contributed by atoms with E-state index in [-0.39, 0.29) is 17.2 Å². The Labute approximate surface area is 158 Å². The van der Waals surface area contributed by atoms with E-state index in [4.69, 9.17) is 0 Å². The first-order valence-electron chi connectivity index (χ1n) is 8.99. The van der Waals surface area contributed by atoms with Crippen LogP contribution in [0.15, 0.2) is 24.3 Å². The molecule has 1 heterocycles. The number of rotatable bonds is 4. The Bertz CT molecular complexity index is 748. The highest BCUT2D eigenvalue weighted by molar-refractivity contribution is 5.69. The lowest BCUT2D eigenvalue weighted by Crippen LogP contribution is -2.11. The zero-order valence-electron chi connectivity index (χ0n) is 16.3. The zero-order valence-corrected chi connectivity index (χ0v) is 16.3. The van der Waals surface area contributed by atoms with Crippen molar-refractivity contribution in [3.05, 3.63) is 41.1 Å². The summed E-state index contributed by atoms with van der Waals surface area (Å²) in [6.07, 6.45) is -3.28. The van der Waals surface area contributed by atoms with Crippen molar-refractivity contribution in [2.24, 2.45) is 5.92 Å². The number of hydrogen-bond acceptors (Lipinski definition) is 4. The lowest BCUT2D eigenvalue weighted by molar-refractivity contribution is -0.137. The Morgan fingerprint density at radius 2 is 1.67 bits per heavy atom. The molecule has 0 fully saturated rings. The molecule has 0 radical (unpaired) electrons. The van der Waals surface area contributed by atoms with Gasteiger partial charge in [-0.15, -0.1) is 5.10 Å². The molecule has 27 heavy (non-hydrogen) atoms. The maximum atomic E-state index is 12.7. The van der Waals surface area contributed by atoms with Crippen LogP contribution >= 0.6 is 0 Å². The van der Waals surface area contributed by atoms with Crippen molar-refractivity contribution in [2.45, 2.75) is 59.7 Å². The van der Waals surface area contributed by atoms with E-state index in [0.29, 0.717) is 17.3 Å². The van der Waals surface area contributed by atoms with Gasteiger partial charge in [0.25, 0.3) is 0 Å². The number of aliphatic hydroxyl groups is 1. The molecule has 4 nitrogen and oxygen atoms in total. The Morgan fingerprint density at radius 1 is 1.07 bits per heavy atom. The first-order chi connectivity index (χ1) is 12.6. The number of aliphatic hydroxyl groups excluding tert-OH is 1. The number of hydrogen-bond donors (Lipinski definition) is 2. The van der Waals surface area contributed by atoms with Gasteiger partial charge < -0.3 is 10.2 Å². The summed E-state index contributed by atoms with van der Waals surface area (Å²) < 4.78 is 38.0. The van der Waals surface area contributed by atoms with Crippen molar-refractivity contribution in [1.29, 1.82) is 0 Å². The molecule has 0 saturated carbocycles. The molecule has 0 aliphatic rings. The predicted octanol–water partition coefficient (Wildman–Crippen LogP) is 5.67. The van der Waals surface area contributed by atoms with Crippen LogP contribution in [0.2, 0.25) is 0 Å². The summed E-state index contributed by atoms with van der Waals surface area (Å²) in [5.74, 6) is -0.513. The van der Waals surface area contributed by atoms with E-state index in [1.54, 1.807) is 13.0 Å². The Kier molecular flexibility index (Phi) is 8.21. The topological polar surface area (TPSA) is 66.2 Å². The highest BCUT2D eigenvalue weighted by atomic mass is 19.4. The third kappa shape index (κ3) is 5.92. The summed E-state index contributed by atoms with van der Waals surface area (Å²) in [7, 11) is 0. The molecule has 0 bridgehead atoms. The predicted molar refractivity (Wildman–Crippen MR) is 99.3 cm³/mol. The number of phenolic OH excluding ortho intramolecular Hbond substituents is 1. The van der Waals surface area contributed by atoms with Crippen molar-refractivity contribution < 1.29 is 23.4 Å². The number of aromatic nitrogens is 2. The van der Waals surface area contributed by atoms with Gasteiger partial charge in [-0.25, -0.2) is 0 Å². The monoisotopic (exact) mass is 384 g/mol. The minimum Gasteiger partial charge on any atom is -0.507 e. The zero-order chi connectivity index (χ0) is 20.8. The molecule has 7 heteroatoms. The molecule has 0 saturated heterocycles. The Balaban J connectivity index is 0.00000114. The Hall–Kier alpha value is -2.15. The molecule has 1 aromatic heterocycles. The van der Waals surface area contributed by atoms with Gasteiger partial charge in [0.1, 0.15) is 11.9 Å². The van der Waals surface area contributed by atoms with Gasteiger partial charge in [0.15, 0.2) is 0 Å². The summed E-state index contributed by atoms with van der Waals surface area (Å²) in [5, 5.41) is 28.1. The summed E-state index contributed by atoms with van der Waals surface area (Å²) in [6, 6.07) is 4.35. The van der Waals surface area contributed by atoms with Crippen LogP contribution in [0, 0.1) is 12.8 Å². The van der Waals surface area contributed by atoms with Gasteiger partial charge in [-0.2, -0.15) is 18.3 Å². The third-order valence-corrected chi connectivity index (χ3v) is 4.07. The number of nitrogens with zero attached hydrogens (tertiary/aromatic N) is 2. The van der Waals surface area contributed by atoms with Crippen LogP contribution < -0.4 is 0 Å². The molecule has 2 aromatic rings. The summed E-state index contributed by atoms with van der Waals surface area (Å²) >= 11 is 0. The standard InChI is InChI=1S/C17H19F3N2O2.C3H8/c1-4-9(2)16(24)13-7-10(3)15(22-21-13)12-6-5-11(8-14(12)23)17(18,19)20;1-3-2/h5-9,16,23-24H,4H2,1-3H3;3H2,1-2H3/t9?,16-;/m1./s1. The molecule has 2 atom stereocenters. The highest BCUT2D eigenvalue weighted by Crippen LogP contribution is 2.37. The largest absolute Gasteiger partial charge is 0.507 e. The first kappa shape index (κ1) is 22.9. The Morgan fingerprint density at radius 3 is 2.11 bits per heavy atom. The number of benzene rings is 1. The van der Waals surface area contributed by atoms with Gasteiger partial charge in [-0.3, -0.25) is 0 Å². The van der Waals surface area contributed by atoms with Gasteiger partial charge in [0, 0.05) is 5.56 Å². The maximum Gasteiger partial charge on any atom is 0.416 e. The highest BCUT2D eigenvalue weighted by Gasteiger charge is 2.31. The van der Waals surface area contributed by atoms with Gasteiger partial charge in [0.05, 0.1) is 17.0 Å². The summed E-state index contributed by atoms with van der Waals surface area (Å²) in [5.41, 5.74) is 0.520. The SMILES string of the molecule is CCC.CCC(C)[C@@H](O)c1cc(C)c(-c2ccc(C(F)(F)F)cc2O)nn1. The second-order valence-corrected chi connectivity index (χ2v) is 6.57. The molecule has 2 N–H and O–H groups in total. The van der Waals surface area contributed by atoms with Gasteiger partial charge in [0.2, 0.25) is 0 Å². The molecule has 0 aliphatic carbocycles. The third-order valence-electron chi connectivity index (χ3n) is 4.07. The average molecular weight is 384 g/mol. The fourth-order valence-electron chi connectivity index (χ4n) is 2.34. The molecular formula is C20H27F3N2O2. The number of aryl methyl sites for hydroxylation is 1. The van der Waals surface area contributed by atoms with E-state index >= 15 is 0 Å². The molecule has 0 spiro atoms. The van der Waals surface area contributed by atoms with Gasteiger partial charge in [-0.1, -0.05) is 40.5 Å². The number of halogens is 3. The number of aromatic hydroxyl groups is 1. The van der Waals surface area contributed by atoms with Crippen LogP contribution in [0.5, 0.6) is 5.75 Å². The normalized spacial score (nSPS) is 13.5. The lowest BCUT2D eigenvalue weighted by Gasteiger charge is -2.17. The number of phenols is 1. The van der Waals surface area contributed by atoms with Crippen LogP contribution in [0.3, 0.4) is 0 Å². The minimum atomic E-state index is -4.53.